The van der Waals surface area contributed by atoms with E-state index in [2.05, 4.69) is 15.5 Å². The van der Waals surface area contributed by atoms with Crippen LogP contribution in [0.3, 0.4) is 0 Å². The first-order valence-electron chi connectivity index (χ1n) is 9.70. The summed E-state index contributed by atoms with van der Waals surface area (Å²) in [5.74, 6) is 1.78. The number of aromatic nitrogens is 3. The van der Waals surface area contributed by atoms with E-state index in [1.807, 2.05) is 86.0 Å². The Hall–Kier alpha value is -2.80. The van der Waals surface area contributed by atoms with Gasteiger partial charge in [0.1, 0.15) is 5.75 Å². The summed E-state index contributed by atoms with van der Waals surface area (Å²) in [4.78, 5) is 12.4. The lowest BCUT2D eigenvalue weighted by Gasteiger charge is -2.16. The van der Waals surface area contributed by atoms with Gasteiger partial charge in [-0.25, -0.2) is 0 Å². The van der Waals surface area contributed by atoms with Crippen molar-refractivity contribution in [2.24, 2.45) is 0 Å². The normalized spacial score (nSPS) is 12.9. The summed E-state index contributed by atoms with van der Waals surface area (Å²) in [6.07, 6.45) is -0.244. The Kier molecular flexibility index (Phi) is 7.30. The average molecular weight is 411 g/mol. The van der Waals surface area contributed by atoms with Crippen LogP contribution in [0, 0.1) is 0 Å². The highest BCUT2D eigenvalue weighted by Gasteiger charge is 2.19. The van der Waals surface area contributed by atoms with Crippen LogP contribution < -0.4 is 10.1 Å². The summed E-state index contributed by atoms with van der Waals surface area (Å²) < 4.78 is 7.96. The van der Waals surface area contributed by atoms with Crippen molar-refractivity contribution in [2.45, 2.75) is 44.6 Å². The Morgan fingerprint density at radius 3 is 2.38 bits per heavy atom. The Morgan fingerprint density at radius 1 is 1.07 bits per heavy atom. The van der Waals surface area contributed by atoms with Crippen LogP contribution in [0.25, 0.3) is 0 Å². The minimum Gasteiger partial charge on any atom is -0.483 e. The van der Waals surface area contributed by atoms with Gasteiger partial charge in [0.05, 0.1) is 11.8 Å². The molecule has 0 aliphatic carbocycles. The second kappa shape index (κ2) is 10.1. The number of hydrogen-bond donors (Lipinski definition) is 1. The summed E-state index contributed by atoms with van der Waals surface area (Å²) in [6, 6.07) is 19.5. The molecule has 0 aliphatic heterocycles. The van der Waals surface area contributed by atoms with E-state index in [-0.39, 0.29) is 23.8 Å². The first kappa shape index (κ1) is 20.9. The Bertz CT molecular complexity index is 915. The average Bonchev–Trinajstić information content (AvgIpc) is 3.16. The fourth-order valence-corrected chi connectivity index (χ4v) is 3.82. The summed E-state index contributed by atoms with van der Waals surface area (Å²) in [5, 5.41) is 12.3. The molecule has 0 radical (unpaired) electrons. The monoisotopic (exact) mass is 410 g/mol. The van der Waals surface area contributed by atoms with Crippen molar-refractivity contribution in [3.63, 3.8) is 0 Å². The topological polar surface area (TPSA) is 69.0 Å². The van der Waals surface area contributed by atoms with Crippen LogP contribution in [0.15, 0.2) is 65.8 Å². The molecule has 1 heterocycles. The maximum atomic E-state index is 12.4. The van der Waals surface area contributed by atoms with Gasteiger partial charge in [0, 0.05) is 6.54 Å². The molecule has 3 aromatic rings. The van der Waals surface area contributed by atoms with Crippen LogP contribution in [-0.2, 0) is 11.3 Å². The van der Waals surface area contributed by atoms with Crippen LogP contribution in [0.1, 0.15) is 44.3 Å². The van der Waals surface area contributed by atoms with Crippen molar-refractivity contribution >= 4 is 17.7 Å². The maximum absolute atomic E-state index is 12.4. The molecule has 152 valence electrons. The molecule has 2 aromatic carbocycles. The number of thioether (sulfide) groups is 1. The van der Waals surface area contributed by atoms with Gasteiger partial charge in [-0.3, -0.25) is 4.79 Å². The SMILES string of the molecule is CCn1c(SCC(=O)N[C@H](C)c2ccccc2)nnc1[C@@H](C)Oc1ccccc1. The Labute approximate surface area is 175 Å². The van der Waals surface area contributed by atoms with Gasteiger partial charge in [-0.05, 0) is 38.5 Å². The number of para-hydroxylation sites is 1. The van der Waals surface area contributed by atoms with Gasteiger partial charge in [0.15, 0.2) is 17.1 Å². The minimum atomic E-state index is -0.244. The lowest BCUT2D eigenvalue weighted by Crippen LogP contribution is -2.28. The highest BCUT2D eigenvalue weighted by molar-refractivity contribution is 7.99. The van der Waals surface area contributed by atoms with E-state index in [1.165, 1.54) is 11.8 Å². The summed E-state index contributed by atoms with van der Waals surface area (Å²) >= 11 is 1.38. The summed E-state index contributed by atoms with van der Waals surface area (Å²) in [7, 11) is 0. The molecule has 0 aliphatic rings. The fourth-order valence-electron chi connectivity index (χ4n) is 3.00. The highest BCUT2D eigenvalue weighted by Crippen LogP contribution is 2.24. The molecule has 29 heavy (non-hydrogen) atoms. The van der Waals surface area contributed by atoms with E-state index in [0.29, 0.717) is 11.7 Å². The van der Waals surface area contributed by atoms with E-state index in [9.17, 15) is 4.79 Å². The van der Waals surface area contributed by atoms with E-state index < -0.39 is 0 Å². The lowest BCUT2D eigenvalue weighted by molar-refractivity contribution is -0.119. The highest BCUT2D eigenvalue weighted by atomic mass is 32.2. The first-order chi connectivity index (χ1) is 14.1. The number of ether oxygens (including phenoxy) is 1. The van der Waals surface area contributed by atoms with Crippen molar-refractivity contribution in [3.05, 3.63) is 72.1 Å². The fraction of sp³-hybridized carbons (Fsp3) is 0.318. The number of carbonyl (C=O) groups is 1. The number of hydrogen-bond acceptors (Lipinski definition) is 5. The molecule has 6 nitrogen and oxygen atoms in total. The third-order valence-corrected chi connectivity index (χ3v) is 5.46. The second-order valence-electron chi connectivity index (χ2n) is 6.65. The predicted molar refractivity (Wildman–Crippen MR) is 115 cm³/mol. The van der Waals surface area contributed by atoms with E-state index in [4.69, 9.17) is 4.74 Å². The zero-order chi connectivity index (χ0) is 20.6. The molecule has 2 atom stereocenters. The number of rotatable bonds is 9. The zero-order valence-corrected chi connectivity index (χ0v) is 17.7. The van der Waals surface area contributed by atoms with Crippen LogP contribution in [0.5, 0.6) is 5.75 Å². The number of benzene rings is 2. The van der Waals surface area contributed by atoms with Gasteiger partial charge in [-0.15, -0.1) is 10.2 Å². The summed E-state index contributed by atoms with van der Waals surface area (Å²) in [5.41, 5.74) is 1.08. The lowest BCUT2D eigenvalue weighted by atomic mass is 10.1. The molecule has 0 fully saturated rings. The van der Waals surface area contributed by atoms with Gasteiger partial charge in [-0.1, -0.05) is 60.3 Å². The molecule has 1 aromatic heterocycles. The van der Waals surface area contributed by atoms with Crippen LogP contribution in [0.2, 0.25) is 0 Å². The first-order valence-corrected chi connectivity index (χ1v) is 10.7. The van der Waals surface area contributed by atoms with E-state index in [0.717, 1.165) is 17.1 Å². The second-order valence-corrected chi connectivity index (χ2v) is 7.59. The maximum Gasteiger partial charge on any atom is 0.230 e. The molecule has 1 N–H and O–H groups in total. The molecular formula is C22H26N4O2S. The zero-order valence-electron chi connectivity index (χ0n) is 16.9. The van der Waals surface area contributed by atoms with Crippen LogP contribution in [-0.4, -0.2) is 26.4 Å². The molecule has 0 unspecified atom stereocenters. The van der Waals surface area contributed by atoms with E-state index in [1.54, 1.807) is 0 Å². The quantitative estimate of drug-likeness (QED) is 0.529. The predicted octanol–water partition coefficient (Wildman–Crippen LogP) is 4.41. The van der Waals surface area contributed by atoms with Gasteiger partial charge < -0.3 is 14.6 Å². The molecule has 0 spiro atoms. The Balaban J connectivity index is 1.59. The Morgan fingerprint density at radius 2 is 1.72 bits per heavy atom. The molecule has 0 saturated carbocycles. The number of carbonyl (C=O) groups excluding carboxylic acids is 1. The third-order valence-electron chi connectivity index (χ3n) is 4.49. The van der Waals surface area contributed by atoms with Crippen molar-refractivity contribution in [2.75, 3.05) is 5.75 Å². The molecule has 3 rings (SSSR count). The van der Waals surface area contributed by atoms with Gasteiger partial charge in [0.2, 0.25) is 5.91 Å². The number of nitrogens with one attached hydrogen (secondary N) is 1. The van der Waals surface area contributed by atoms with Gasteiger partial charge >= 0.3 is 0 Å². The van der Waals surface area contributed by atoms with Crippen molar-refractivity contribution in [1.29, 1.82) is 0 Å². The van der Waals surface area contributed by atoms with Gasteiger partial charge in [-0.2, -0.15) is 0 Å². The van der Waals surface area contributed by atoms with Crippen molar-refractivity contribution < 1.29 is 9.53 Å². The molecule has 0 bridgehead atoms. The third kappa shape index (κ3) is 5.60. The molecular weight excluding hydrogens is 384 g/mol. The largest absolute Gasteiger partial charge is 0.483 e. The van der Waals surface area contributed by atoms with Crippen molar-refractivity contribution in [3.8, 4) is 5.75 Å². The molecule has 1 amide bonds. The molecule has 7 heteroatoms. The standard InChI is InChI=1S/C22H26N4O2S/c1-4-26-21(17(3)28-19-13-9-6-10-14-19)24-25-22(26)29-15-20(27)23-16(2)18-11-7-5-8-12-18/h5-14,16-17H,4,15H2,1-3H3,(H,23,27)/t16-,17-/m1/s1. The smallest absolute Gasteiger partial charge is 0.230 e. The number of amides is 1. The van der Waals surface area contributed by atoms with Crippen LogP contribution >= 0.6 is 11.8 Å². The minimum absolute atomic E-state index is 0.0351. The number of nitrogens with zero attached hydrogens (tertiary/aromatic N) is 3. The van der Waals surface area contributed by atoms with E-state index >= 15 is 0 Å². The van der Waals surface area contributed by atoms with Crippen molar-refractivity contribution in [1.82, 2.24) is 20.1 Å². The van der Waals surface area contributed by atoms with Crippen LogP contribution in [0.4, 0.5) is 0 Å². The molecule has 0 saturated heterocycles. The van der Waals surface area contributed by atoms with Gasteiger partial charge in [0.25, 0.3) is 0 Å². The summed E-state index contributed by atoms with van der Waals surface area (Å²) in [6.45, 7) is 6.66.